The first-order valence-electron chi connectivity index (χ1n) is 6.25. The van der Waals surface area contributed by atoms with Gasteiger partial charge >= 0.3 is 0 Å². The van der Waals surface area contributed by atoms with E-state index in [-0.39, 0.29) is 0 Å². The van der Waals surface area contributed by atoms with Crippen molar-refractivity contribution in [2.24, 2.45) is 0 Å². The molecule has 2 aromatic heterocycles. The maximum absolute atomic E-state index is 5.99. The fraction of sp³-hybridized carbons (Fsp3) is 0.200. The Bertz CT molecular complexity index is 673. The quantitative estimate of drug-likeness (QED) is 0.714. The molecular weight excluding hydrogens is 276 g/mol. The second-order valence-electron chi connectivity index (χ2n) is 4.66. The maximum atomic E-state index is 5.99. The molecule has 0 saturated heterocycles. The van der Waals surface area contributed by atoms with Crippen LogP contribution in [0.3, 0.4) is 0 Å². The Labute approximate surface area is 121 Å². The van der Waals surface area contributed by atoms with Crippen molar-refractivity contribution in [3.05, 3.63) is 57.4 Å². The Balaban J connectivity index is 1.75. The number of halogens is 1. The Morgan fingerprint density at radius 3 is 3.05 bits per heavy atom. The van der Waals surface area contributed by atoms with Crippen molar-refractivity contribution in [1.29, 1.82) is 0 Å². The fourth-order valence-electron chi connectivity index (χ4n) is 2.21. The summed E-state index contributed by atoms with van der Waals surface area (Å²) in [4.78, 5) is 3.27. The van der Waals surface area contributed by atoms with Crippen LogP contribution in [0.4, 0.5) is 0 Å². The number of H-pyrrole nitrogens is 1. The molecule has 3 rings (SSSR count). The fourth-order valence-corrected chi connectivity index (χ4v) is 3.13. The van der Waals surface area contributed by atoms with E-state index in [0.717, 1.165) is 17.1 Å². The molecular formula is C15H15ClN2S. The van der Waals surface area contributed by atoms with E-state index in [1.54, 1.807) is 11.3 Å². The first kappa shape index (κ1) is 12.7. The van der Waals surface area contributed by atoms with Crippen LogP contribution >= 0.6 is 22.9 Å². The van der Waals surface area contributed by atoms with Gasteiger partial charge in [0.15, 0.2) is 0 Å². The molecule has 0 spiro atoms. The summed E-state index contributed by atoms with van der Waals surface area (Å²) < 4.78 is 0. The molecule has 98 valence electrons. The predicted molar refractivity (Wildman–Crippen MR) is 82.9 cm³/mol. The number of benzene rings is 1. The van der Waals surface area contributed by atoms with E-state index in [0.29, 0.717) is 6.04 Å². The van der Waals surface area contributed by atoms with Gasteiger partial charge in [-0.3, -0.25) is 0 Å². The largest absolute Gasteiger partial charge is 0.361 e. The maximum Gasteiger partial charge on any atom is 0.0472 e. The molecule has 1 unspecified atom stereocenters. The second kappa shape index (κ2) is 5.37. The molecule has 1 atom stereocenters. The van der Waals surface area contributed by atoms with Crippen molar-refractivity contribution in [2.45, 2.75) is 19.5 Å². The zero-order valence-electron chi connectivity index (χ0n) is 10.6. The van der Waals surface area contributed by atoms with Crippen molar-refractivity contribution >= 4 is 33.8 Å². The minimum atomic E-state index is 0.364. The third-order valence-corrected chi connectivity index (χ3v) is 4.31. The lowest BCUT2D eigenvalue weighted by molar-refractivity contribution is 0.578. The Hall–Kier alpha value is -1.29. The van der Waals surface area contributed by atoms with Crippen molar-refractivity contribution in [1.82, 2.24) is 10.3 Å². The molecule has 1 aromatic carbocycles. The Kier molecular flexibility index (Phi) is 3.60. The van der Waals surface area contributed by atoms with E-state index in [1.165, 1.54) is 16.5 Å². The molecule has 2 nitrogen and oxygen atoms in total. The Morgan fingerprint density at radius 1 is 1.37 bits per heavy atom. The zero-order chi connectivity index (χ0) is 13.2. The van der Waals surface area contributed by atoms with Crippen LogP contribution in [-0.4, -0.2) is 4.98 Å². The minimum Gasteiger partial charge on any atom is -0.361 e. The van der Waals surface area contributed by atoms with Crippen LogP contribution in [0.15, 0.2) is 41.2 Å². The van der Waals surface area contributed by atoms with Crippen LogP contribution < -0.4 is 5.32 Å². The van der Waals surface area contributed by atoms with Crippen LogP contribution in [0, 0.1) is 0 Å². The molecule has 3 aromatic rings. The van der Waals surface area contributed by atoms with E-state index in [4.69, 9.17) is 11.6 Å². The highest BCUT2D eigenvalue weighted by atomic mass is 35.5. The van der Waals surface area contributed by atoms with Gasteiger partial charge in [0, 0.05) is 34.7 Å². The number of fused-ring (bicyclic) bond motifs is 1. The van der Waals surface area contributed by atoms with Crippen LogP contribution in [0.25, 0.3) is 10.9 Å². The van der Waals surface area contributed by atoms with Gasteiger partial charge in [-0.25, -0.2) is 0 Å². The smallest absolute Gasteiger partial charge is 0.0472 e. The standard InChI is InChI=1S/C15H15ClN2S/c1-10(11-4-5-19-9-11)17-7-12-8-18-15-6-13(16)2-3-14(12)15/h2-6,8-10,17-18H,7H2,1H3. The third-order valence-electron chi connectivity index (χ3n) is 3.37. The van der Waals surface area contributed by atoms with Gasteiger partial charge in [-0.05, 0) is 47.0 Å². The molecule has 0 fully saturated rings. The number of rotatable bonds is 4. The molecule has 4 heteroatoms. The average molecular weight is 291 g/mol. The van der Waals surface area contributed by atoms with Crippen molar-refractivity contribution in [3.8, 4) is 0 Å². The van der Waals surface area contributed by atoms with Crippen LogP contribution in [0.2, 0.25) is 5.02 Å². The minimum absolute atomic E-state index is 0.364. The third kappa shape index (κ3) is 2.68. The lowest BCUT2D eigenvalue weighted by Gasteiger charge is -2.11. The Morgan fingerprint density at radius 2 is 2.26 bits per heavy atom. The predicted octanol–water partition coefficient (Wildman–Crippen LogP) is 4.73. The molecule has 0 amide bonds. The molecule has 0 saturated carbocycles. The number of nitrogens with one attached hydrogen (secondary N) is 2. The number of hydrogen-bond donors (Lipinski definition) is 2. The van der Waals surface area contributed by atoms with Gasteiger partial charge in [0.25, 0.3) is 0 Å². The zero-order valence-corrected chi connectivity index (χ0v) is 12.2. The molecule has 2 heterocycles. The molecule has 0 radical (unpaired) electrons. The van der Waals surface area contributed by atoms with E-state index in [2.05, 4.69) is 40.1 Å². The second-order valence-corrected chi connectivity index (χ2v) is 5.88. The number of aromatic nitrogens is 1. The highest BCUT2D eigenvalue weighted by Crippen LogP contribution is 2.23. The summed E-state index contributed by atoms with van der Waals surface area (Å²) >= 11 is 7.72. The first-order chi connectivity index (χ1) is 9.24. The SMILES string of the molecule is CC(NCc1c[nH]c2cc(Cl)ccc12)c1ccsc1. The van der Waals surface area contributed by atoms with Gasteiger partial charge in [-0.2, -0.15) is 11.3 Å². The summed E-state index contributed by atoms with van der Waals surface area (Å²) in [5.41, 5.74) is 3.70. The first-order valence-corrected chi connectivity index (χ1v) is 7.57. The number of thiophene rings is 1. The molecule has 0 aliphatic carbocycles. The highest BCUT2D eigenvalue weighted by molar-refractivity contribution is 7.07. The van der Waals surface area contributed by atoms with Crippen molar-refractivity contribution in [3.63, 3.8) is 0 Å². The monoisotopic (exact) mass is 290 g/mol. The van der Waals surface area contributed by atoms with Crippen LogP contribution in [0.5, 0.6) is 0 Å². The summed E-state index contributed by atoms with van der Waals surface area (Å²) in [6, 6.07) is 8.49. The van der Waals surface area contributed by atoms with E-state index < -0.39 is 0 Å². The van der Waals surface area contributed by atoms with E-state index >= 15 is 0 Å². The number of hydrogen-bond acceptors (Lipinski definition) is 2. The number of aromatic amines is 1. The average Bonchev–Trinajstić information content (AvgIpc) is 3.05. The van der Waals surface area contributed by atoms with Crippen molar-refractivity contribution < 1.29 is 0 Å². The summed E-state index contributed by atoms with van der Waals surface area (Å²) in [6.07, 6.45) is 2.05. The highest BCUT2D eigenvalue weighted by Gasteiger charge is 2.08. The van der Waals surface area contributed by atoms with Gasteiger partial charge in [-0.15, -0.1) is 0 Å². The van der Waals surface area contributed by atoms with E-state index in [9.17, 15) is 0 Å². The van der Waals surface area contributed by atoms with Crippen molar-refractivity contribution in [2.75, 3.05) is 0 Å². The van der Waals surface area contributed by atoms with Gasteiger partial charge < -0.3 is 10.3 Å². The van der Waals surface area contributed by atoms with Gasteiger partial charge in [0.05, 0.1) is 0 Å². The topological polar surface area (TPSA) is 27.8 Å². The lowest BCUT2D eigenvalue weighted by atomic mass is 10.1. The summed E-state index contributed by atoms with van der Waals surface area (Å²) in [5, 5.41) is 9.84. The lowest BCUT2D eigenvalue weighted by Crippen LogP contribution is -2.17. The molecule has 2 N–H and O–H groups in total. The van der Waals surface area contributed by atoms with E-state index in [1.807, 2.05) is 18.3 Å². The van der Waals surface area contributed by atoms with Crippen LogP contribution in [-0.2, 0) is 6.54 Å². The molecule has 0 aliphatic heterocycles. The van der Waals surface area contributed by atoms with Gasteiger partial charge in [0.1, 0.15) is 0 Å². The normalized spacial score (nSPS) is 12.9. The molecule has 19 heavy (non-hydrogen) atoms. The molecule has 0 aliphatic rings. The van der Waals surface area contributed by atoms with Gasteiger partial charge in [-0.1, -0.05) is 17.7 Å². The summed E-state index contributed by atoms with van der Waals surface area (Å²) in [7, 11) is 0. The summed E-state index contributed by atoms with van der Waals surface area (Å²) in [6.45, 7) is 3.03. The molecule has 0 bridgehead atoms. The van der Waals surface area contributed by atoms with Gasteiger partial charge in [0.2, 0.25) is 0 Å². The summed E-state index contributed by atoms with van der Waals surface area (Å²) in [5.74, 6) is 0. The van der Waals surface area contributed by atoms with Crippen LogP contribution in [0.1, 0.15) is 24.1 Å².